The van der Waals surface area contributed by atoms with Gasteiger partial charge in [-0.15, -0.1) is 0 Å². The number of rotatable bonds is 5. The van der Waals surface area contributed by atoms with Crippen molar-refractivity contribution in [2.24, 2.45) is 0 Å². The van der Waals surface area contributed by atoms with Crippen LogP contribution in [0.2, 0.25) is 0 Å². The molecule has 0 aliphatic rings. The molecule has 1 aromatic heterocycles. The summed E-state index contributed by atoms with van der Waals surface area (Å²) in [6, 6.07) is 12.5. The fraction of sp³-hybridized carbons (Fsp3) is 0.200. The summed E-state index contributed by atoms with van der Waals surface area (Å²) in [7, 11) is -3.97. The van der Waals surface area contributed by atoms with Crippen LogP contribution < -0.4 is 9.46 Å². The van der Waals surface area contributed by atoms with Crippen LogP contribution in [-0.4, -0.2) is 25.9 Å². The van der Waals surface area contributed by atoms with E-state index in [2.05, 4.69) is 9.71 Å². The standard InChI is InChI=1S/C20H20N2O4S/c1-13-9-14(2)20(15(3)10-13)27(24,25)22-19(23)12-26-17-7-6-16-5-4-8-21-18(16)11-17/h4-11H,12H2,1-3H3,(H,22,23). The molecule has 3 rings (SSSR count). The zero-order valence-corrected chi connectivity index (χ0v) is 16.1. The Morgan fingerprint density at radius 2 is 1.78 bits per heavy atom. The maximum Gasteiger partial charge on any atom is 0.271 e. The van der Waals surface area contributed by atoms with Gasteiger partial charge in [-0.25, -0.2) is 13.1 Å². The summed E-state index contributed by atoms with van der Waals surface area (Å²) in [6.45, 7) is 4.89. The first-order valence-corrected chi connectivity index (χ1v) is 9.86. The number of amides is 1. The second-order valence-corrected chi connectivity index (χ2v) is 8.02. The Morgan fingerprint density at radius 3 is 2.48 bits per heavy atom. The highest BCUT2D eigenvalue weighted by Crippen LogP contribution is 2.22. The molecular weight excluding hydrogens is 364 g/mol. The largest absolute Gasteiger partial charge is 0.484 e. The average molecular weight is 384 g/mol. The fourth-order valence-electron chi connectivity index (χ4n) is 3.11. The monoisotopic (exact) mass is 384 g/mol. The first-order valence-electron chi connectivity index (χ1n) is 8.37. The van der Waals surface area contributed by atoms with Gasteiger partial charge in [-0.05, 0) is 50.1 Å². The molecule has 0 spiro atoms. The second-order valence-electron chi connectivity index (χ2n) is 6.40. The van der Waals surface area contributed by atoms with Crippen LogP contribution >= 0.6 is 0 Å². The molecule has 7 heteroatoms. The van der Waals surface area contributed by atoms with Gasteiger partial charge < -0.3 is 4.74 Å². The Kier molecular flexibility index (Phi) is 5.14. The summed E-state index contributed by atoms with van der Waals surface area (Å²) in [6.07, 6.45) is 1.66. The lowest BCUT2D eigenvalue weighted by atomic mass is 10.1. The van der Waals surface area contributed by atoms with Crippen molar-refractivity contribution in [3.8, 4) is 5.75 Å². The van der Waals surface area contributed by atoms with Gasteiger partial charge in [-0.1, -0.05) is 23.8 Å². The summed E-state index contributed by atoms with van der Waals surface area (Å²) in [5, 5.41) is 0.946. The van der Waals surface area contributed by atoms with Crippen molar-refractivity contribution in [2.45, 2.75) is 25.7 Å². The highest BCUT2D eigenvalue weighted by molar-refractivity contribution is 7.90. The zero-order chi connectivity index (χ0) is 19.6. The molecule has 6 nitrogen and oxygen atoms in total. The maximum atomic E-state index is 12.6. The van der Waals surface area contributed by atoms with Crippen LogP contribution in [0.4, 0.5) is 0 Å². The Labute approximate surface area is 158 Å². The van der Waals surface area contributed by atoms with Crippen LogP contribution in [0, 0.1) is 20.8 Å². The molecule has 27 heavy (non-hydrogen) atoms. The van der Waals surface area contributed by atoms with Crippen molar-refractivity contribution in [2.75, 3.05) is 6.61 Å². The molecule has 1 amide bonds. The van der Waals surface area contributed by atoms with E-state index in [0.29, 0.717) is 16.9 Å². The van der Waals surface area contributed by atoms with E-state index in [4.69, 9.17) is 4.74 Å². The van der Waals surface area contributed by atoms with Crippen molar-refractivity contribution in [1.82, 2.24) is 9.71 Å². The molecule has 1 heterocycles. The number of aromatic nitrogens is 1. The molecule has 0 radical (unpaired) electrons. The highest BCUT2D eigenvalue weighted by Gasteiger charge is 2.22. The maximum absolute atomic E-state index is 12.6. The van der Waals surface area contributed by atoms with Gasteiger partial charge in [-0.2, -0.15) is 0 Å². The van der Waals surface area contributed by atoms with Crippen LogP contribution in [0.3, 0.4) is 0 Å². The van der Waals surface area contributed by atoms with Crippen LogP contribution in [0.1, 0.15) is 16.7 Å². The summed E-state index contributed by atoms with van der Waals surface area (Å²) in [4.78, 5) is 16.5. The lowest BCUT2D eigenvalue weighted by Crippen LogP contribution is -2.35. The van der Waals surface area contributed by atoms with E-state index in [1.165, 1.54) is 0 Å². The van der Waals surface area contributed by atoms with E-state index in [1.54, 1.807) is 44.3 Å². The van der Waals surface area contributed by atoms with E-state index in [1.807, 2.05) is 25.1 Å². The molecule has 0 unspecified atom stereocenters. The number of sulfonamides is 1. The third kappa shape index (κ3) is 4.25. The molecular formula is C20H20N2O4S. The number of carbonyl (C=O) groups is 1. The van der Waals surface area contributed by atoms with Crippen LogP contribution in [-0.2, 0) is 14.8 Å². The van der Waals surface area contributed by atoms with E-state index in [9.17, 15) is 13.2 Å². The van der Waals surface area contributed by atoms with Crippen molar-refractivity contribution in [3.05, 3.63) is 65.4 Å². The predicted octanol–water partition coefficient (Wildman–Crippen LogP) is 3.04. The molecule has 140 valence electrons. The van der Waals surface area contributed by atoms with E-state index >= 15 is 0 Å². The lowest BCUT2D eigenvalue weighted by Gasteiger charge is -2.13. The molecule has 0 aliphatic heterocycles. The van der Waals surface area contributed by atoms with Gasteiger partial charge >= 0.3 is 0 Å². The molecule has 0 aliphatic carbocycles. The first-order chi connectivity index (χ1) is 12.8. The first kappa shape index (κ1) is 18.8. The smallest absolute Gasteiger partial charge is 0.271 e. The quantitative estimate of drug-likeness (QED) is 0.731. The SMILES string of the molecule is Cc1cc(C)c(S(=O)(=O)NC(=O)COc2ccc3cccnc3c2)c(C)c1. The molecule has 0 fully saturated rings. The van der Waals surface area contributed by atoms with Gasteiger partial charge in [0.2, 0.25) is 0 Å². The summed E-state index contributed by atoms with van der Waals surface area (Å²) in [5.41, 5.74) is 2.88. The van der Waals surface area contributed by atoms with Crippen molar-refractivity contribution in [1.29, 1.82) is 0 Å². The van der Waals surface area contributed by atoms with Gasteiger partial charge in [0, 0.05) is 17.6 Å². The number of benzene rings is 2. The van der Waals surface area contributed by atoms with Crippen LogP contribution in [0.25, 0.3) is 10.9 Å². The molecule has 3 aromatic rings. The molecule has 0 saturated carbocycles. The molecule has 0 bridgehead atoms. The van der Waals surface area contributed by atoms with Gasteiger partial charge in [0.15, 0.2) is 6.61 Å². The van der Waals surface area contributed by atoms with Gasteiger partial charge in [0.1, 0.15) is 5.75 Å². The number of fused-ring (bicyclic) bond motifs is 1. The Balaban J connectivity index is 1.71. The topological polar surface area (TPSA) is 85.4 Å². The number of nitrogens with one attached hydrogen (secondary N) is 1. The van der Waals surface area contributed by atoms with Gasteiger partial charge in [0.25, 0.3) is 15.9 Å². The van der Waals surface area contributed by atoms with Gasteiger partial charge in [0.05, 0.1) is 10.4 Å². The zero-order valence-electron chi connectivity index (χ0n) is 15.3. The average Bonchev–Trinajstić information content (AvgIpc) is 2.58. The lowest BCUT2D eigenvalue weighted by molar-refractivity contribution is -0.121. The number of nitrogens with zero attached hydrogens (tertiary/aromatic N) is 1. The van der Waals surface area contributed by atoms with E-state index in [0.717, 1.165) is 16.5 Å². The Morgan fingerprint density at radius 1 is 1.07 bits per heavy atom. The number of carbonyl (C=O) groups excluding carboxylic acids is 1. The van der Waals surface area contributed by atoms with Crippen molar-refractivity contribution >= 4 is 26.8 Å². The van der Waals surface area contributed by atoms with E-state index in [-0.39, 0.29) is 4.90 Å². The third-order valence-corrected chi connectivity index (χ3v) is 5.75. The summed E-state index contributed by atoms with van der Waals surface area (Å²) < 4.78 is 32.7. The summed E-state index contributed by atoms with van der Waals surface area (Å²) >= 11 is 0. The second kappa shape index (κ2) is 7.36. The number of ether oxygens (including phenoxy) is 1. The molecule has 2 aromatic carbocycles. The van der Waals surface area contributed by atoms with Crippen molar-refractivity contribution in [3.63, 3.8) is 0 Å². The normalized spacial score (nSPS) is 11.4. The number of hydrogen-bond donors (Lipinski definition) is 1. The number of pyridine rings is 1. The summed E-state index contributed by atoms with van der Waals surface area (Å²) in [5.74, 6) is -0.299. The minimum absolute atomic E-state index is 0.122. The fourth-order valence-corrected chi connectivity index (χ4v) is 4.53. The van der Waals surface area contributed by atoms with Crippen LogP contribution in [0.15, 0.2) is 53.6 Å². The van der Waals surface area contributed by atoms with Gasteiger partial charge in [-0.3, -0.25) is 9.78 Å². The number of aryl methyl sites for hydroxylation is 3. The predicted molar refractivity (Wildman–Crippen MR) is 103 cm³/mol. The van der Waals surface area contributed by atoms with Crippen LogP contribution in [0.5, 0.6) is 5.75 Å². The molecule has 1 N–H and O–H groups in total. The Hall–Kier alpha value is -2.93. The van der Waals surface area contributed by atoms with Crippen molar-refractivity contribution < 1.29 is 17.9 Å². The highest BCUT2D eigenvalue weighted by atomic mass is 32.2. The molecule has 0 saturated heterocycles. The third-order valence-electron chi connectivity index (χ3n) is 4.07. The molecule has 0 atom stereocenters. The Bertz CT molecular complexity index is 1100. The number of hydrogen-bond acceptors (Lipinski definition) is 5. The minimum atomic E-state index is -3.97. The minimum Gasteiger partial charge on any atom is -0.484 e. The van der Waals surface area contributed by atoms with E-state index < -0.39 is 22.5 Å².